The van der Waals surface area contributed by atoms with Gasteiger partial charge in [-0.2, -0.15) is 0 Å². The minimum absolute atomic E-state index is 0.759. The molecule has 0 aliphatic carbocycles. The normalized spacial score (nSPS) is 18.3. The molecule has 1 N–H and O–H groups in total. The lowest BCUT2D eigenvalue weighted by molar-refractivity contribution is 0.221. The van der Waals surface area contributed by atoms with Gasteiger partial charge in [0.2, 0.25) is 0 Å². The van der Waals surface area contributed by atoms with E-state index in [4.69, 9.17) is 0 Å². The van der Waals surface area contributed by atoms with Crippen LogP contribution in [0.3, 0.4) is 0 Å². The molecule has 0 amide bonds. The van der Waals surface area contributed by atoms with Gasteiger partial charge < -0.3 is 5.32 Å². The van der Waals surface area contributed by atoms with Crippen LogP contribution < -0.4 is 5.32 Å². The Hall–Kier alpha value is -0.890. The highest BCUT2D eigenvalue weighted by molar-refractivity contribution is 5.27. The third-order valence-electron chi connectivity index (χ3n) is 3.60. The average Bonchev–Trinajstić information content (AvgIpc) is 2.29. The number of benzene rings is 1. The van der Waals surface area contributed by atoms with Crippen molar-refractivity contribution in [3.05, 3.63) is 35.4 Å². The van der Waals surface area contributed by atoms with E-state index in [1.165, 1.54) is 18.4 Å². The topological polar surface area (TPSA) is 12.0 Å². The Labute approximate surface area is 103 Å². The van der Waals surface area contributed by atoms with Crippen LogP contribution in [0.5, 0.6) is 0 Å². The lowest BCUT2D eigenvalue weighted by Gasteiger charge is -2.23. The Morgan fingerprint density at radius 3 is 2.65 bits per heavy atom. The van der Waals surface area contributed by atoms with E-state index < -0.39 is 5.67 Å². The highest BCUT2D eigenvalue weighted by Crippen LogP contribution is 2.26. The first kappa shape index (κ1) is 12.6. The predicted octanol–water partition coefficient (Wildman–Crippen LogP) is 3.43. The molecule has 1 nitrogen and oxygen atoms in total. The van der Waals surface area contributed by atoms with Crippen molar-refractivity contribution in [2.75, 3.05) is 13.1 Å². The zero-order valence-electron chi connectivity index (χ0n) is 10.8. The van der Waals surface area contributed by atoms with E-state index in [2.05, 4.69) is 11.4 Å². The molecule has 17 heavy (non-hydrogen) atoms. The summed E-state index contributed by atoms with van der Waals surface area (Å²) in [6, 6.07) is 8.01. The summed E-state index contributed by atoms with van der Waals surface area (Å²) in [6.07, 6.45) is 3.57. The lowest BCUT2D eigenvalue weighted by Crippen LogP contribution is -2.28. The van der Waals surface area contributed by atoms with Crippen LogP contribution in [0.4, 0.5) is 4.39 Å². The molecule has 1 aromatic rings. The maximum atomic E-state index is 13.9. The molecule has 0 saturated carbocycles. The Balaban J connectivity index is 2.05. The summed E-state index contributed by atoms with van der Waals surface area (Å²) in [5.74, 6) is 0.759. The van der Waals surface area contributed by atoms with Gasteiger partial charge >= 0.3 is 0 Å². The van der Waals surface area contributed by atoms with Gasteiger partial charge in [-0.25, -0.2) is 4.39 Å². The number of rotatable bonds is 3. The first-order valence-corrected chi connectivity index (χ1v) is 6.55. The van der Waals surface area contributed by atoms with E-state index in [0.717, 1.165) is 31.0 Å². The molecule has 1 heterocycles. The van der Waals surface area contributed by atoms with Crippen LogP contribution in [0.25, 0.3) is 0 Å². The van der Waals surface area contributed by atoms with Crippen LogP contribution >= 0.6 is 0 Å². The van der Waals surface area contributed by atoms with E-state index in [1.54, 1.807) is 13.8 Å². The van der Waals surface area contributed by atoms with Crippen LogP contribution in [-0.2, 0) is 12.1 Å². The predicted molar refractivity (Wildman–Crippen MR) is 69.9 cm³/mol. The summed E-state index contributed by atoms with van der Waals surface area (Å²) in [6.45, 7) is 5.49. The van der Waals surface area contributed by atoms with Crippen molar-refractivity contribution in [2.45, 2.75) is 38.8 Å². The largest absolute Gasteiger partial charge is 0.317 e. The monoisotopic (exact) mass is 235 g/mol. The van der Waals surface area contributed by atoms with E-state index in [0.29, 0.717) is 0 Å². The Morgan fingerprint density at radius 1 is 1.29 bits per heavy atom. The molecule has 1 aromatic carbocycles. The van der Waals surface area contributed by atoms with Crippen LogP contribution in [0.15, 0.2) is 24.3 Å². The number of hydrogen-bond donors (Lipinski definition) is 1. The molecule has 94 valence electrons. The molecule has 0 radical (unpaired) electrons. The molecule has 0 bridgehead atoms. The van der Waals surface area contributed by atoms with Crippen molar-refractivity contribution < 1.29 is 4.39 Å². The lowest BCUT2D eigenvalue weighted by atomic mass is 9.89. The van der Waals surface area contributed by atoms with Crippen molar-refractivity contribution in [1.29, 1.82) is 0 Å². The SMILES string of the molecule is CC(C)(F)c1cccc(CC2CCNCC2)c1. The number of hydrogen-bond acceptors (Lipinski definition) is 1. The molecule has 1 aliphatic rings. The molecule has 1 saturated heterocycles. The molecule has 0 unspecified atom stereocenters. The molecule has 2 heteroatoms. The highest BCUT2D eigenvalue weighted by Gasteiger charge is 2.19. The van der Waals surface area contributed by atoms with Gasteiger partial charge in [0, 0.05) is 0 Å². The number of alkyl halides is 1. The van der Waals surface area contributed by atoms with Gasteiger partial charge in [-0.1, -0.05) is 24.3 Å². The second-order valence-corrected chi connectivity index (χ2v) is 5.57. The van der Waals surface area contributed by atoms with Crippen molar-refractivity contribution >= 4 is 0 Å². The van der Waals surface area contributed by atoms with Gasteiger partial charge in [-0.3, -0.25) is 0 Å². The Morgan fingerprint density at radius 2 is 2.00 bits per heavy atom. The molecule has 0 aromatic heterocycles. The fourth-order valence-corrected chi connectivity index (χ4v) is 2.49. The summed E-state index contributed by atoms with van der Waals surface area (Å²) >= 11 is 0. The Kier molecular flexibility index (Phi) is 3.82. The van der Waals surface area contributed by atoms with Gasteiger partial charge in [-0.15, -0.1) is 0 Å². The summed E-state index contributed by atoms with van der Waals surface area (Å²) in [7, 11) is 0. The minimum Gasteiger partial charge on any atom is -0.317 e. The number of piperidine rings is 1. The van der Waals surface area contributed by atoms with E-state index in [1.807, 2.05) is 18.2 Å². The summed E-state index contributed by atoms with van der Waals surface area (Å²) < 4.78 is 13.9. The van der Waals surface area contributed by atoms with E-state index in [9.17, 15) is 4.39 Å². The summed E-state index contributed by atoms with van der Waals surface area (Å²) in [5, 5.41) is 3.38. The van der Waals surface area contributed by atoms with Gasteiger partial charge in [0.15, 0.2) is 0 Å². The van der Waals surface area contributed by atoms with Gasteiger partial charge in [0.25, 0.3) is 0 Å². The smallest absolute Gasteiger partial charge is 0.130 e. The first-order valence-electron chi connectivity index (χ1n) is 6.55. The quantitative estimate of drug-likeness (QED) is 0.846. The van der Waals surface area contributed by atoms with Crippen LogP contribution in [0.2, 0.25) is 0 Å². The molecule has 0 atom stereocenters. The zero-order chi connectivity index (χ0) is 12.3. The third-order valence-corrected chi connectivity index (χ3v) is 3.60. The number of nitrogens with one attached hydrogen (secondary N) is 1. The Bertz CT molecular complexity index is 361. The maximum absolute atomic E-state index is 13.9. The van der Waals surface area contributed by atoms with Gasteiger partial charge in [0.05, 0.1) is 0 Å². The first-order chi connectivity index (χ1) is 8.05. The van der Waals surface area contributed by atoms with Crippen molar-refractivity contribution in [3.8, 4) is 0 Å². The zero-order valence-corrected chi connectivity index (χ0v) is 10.8. The van der Waals surface area contributed by atoms with Gasteiger partial charge in [-0.05, 0) is 63.2 Å². The van der Waals surface area contributed by atoms with Crippen molar-refractivity contribution in [3.63, 3.8) is 0 Å². The average molecular weight is 235 g/mol. The van der Waals surface area contributed by atoms with Crippen molar-refractivity contribution in [2.24, 2.45) is 5.92 Å². The number of halogens is 1. The molecular weight excluding hydrogens is 213 g/mol. The maximum Gasteiger partial charge on any atom is 0.130 e. The molecule has 2 rings (SSSR count). The van der Waals surface area contributed by atoms with E-state index in [-0.39, 0.29) is 0 Å². The fraction of sp³-hybridized carbons (Fsp3) is 0.600. The third kappa shape index (κ3) is 3.53. The van der Waals surface area contributed by atoms with E-state index >= 15 is 0 Å². The van der Waals surface area contributed by atoms with Crippen LogP contribution in [0, 0.1) is 5.92 Å². The standard InChI is InChI=1S/C15H22FN/c1-15(2,16)14-5-3-4-13(11-14)10-12-6-8-17-9-7-12/h3-5,11-12,17H,6-10H2,1-2H3. The van der Waals surface area contributed by atoms with Crippen molar-refractivity contribution in [1.82, 2.24) is 5.32 Å². The molecular formula is C15H22FN. The minimum atomic E-state index is -1.23. The molecule has 0 spiro atoms. The second-order valence-electron chi connectivity index (χ2n) is 5.57. The second kappa shape index (κ2) is 5.18. The molecule has 1 aliphatic heterocycles. The molecule has 1 fully saturated rings. The highest BCUT2D eigenvalue weighted by atomic mass is 19.1. The fourth-order valence-electron chi connectivity index (χ4n) is 2.49. The summed E-state index contributed by atoms with van der Waals surface area (Å²) in [5.41, 5.74) is 0.841. The summed E-state index contributed by atoms with van der Waals surface area (Å²) in [4.78, 5) is 0. The van der Waals surface area contributed by atoms with Gasteiger partial charge in [0.1, 0.15) is 5.67 Å². The van der Waals surface area contributed by atoms with Crippen LogP contribution in [0.1, 0.15) is 37.8 Å². The van der Waals surface area contributed by atoms with Crippen LogP contribution in [-0.4, -0.2) is 13.1 Å².